The first-order valence-electron chi connectivity index (χ1n) is 8.58. The molecule has 0 unspecified atom stereocenters. The molecule has 2 heterocycles. The Hall–Kier alpha value is -1.85. The van der Waals surface area contributed by atoms with Gasteiger partial charge in [0.05, 0.1) is 12.7 Å². The van der Waals surface area contributed by atoms with Crippen LogP contribution in [-0.2, 0) is 16.1 Å². The van der Waals surface area contributed by atoms with Crippen LogP contribution in [0.25, 0.3) is 0 Å². The van der Waals surface area contributed by atoms with Crippen LogP contribution in [-0.4, -0.2) is 46.9 Å². The van der Waals surface area contributed by atoms with Crippen LogP contribution in [0.1, 0.15) is 44.3 Å². The Kier molecular flexibility index (Phi) is 4.98. The van der Waals surface area contributed by atoms with Gasteiger partial charge in [-0.15, -0.1) is 0 Å². The minimum Gasteiger partial charge on any atom is -0.360 e. The van der Waals surface area contributed by atoms with E-state index in [0.29, 0.717) is 31.3 Å². The van der Waals surface area contributed by atoms with Crippen molar-refractivity contribution in [2.75, 3.05) is 20.1 Å². The van der Waals surface area contributed by atoms with E-state index >= 15 is 0 Å². The zero-order chi connectivity index (χ0) is 16.2. The van der Waals surface area contributed by atoms with E-state index in [1.165, 1.54) is 12.8 Å². The number of amides is 2. The molecule has 0 aromatic carbocycles. The van der Waals surface area contributed by atoms with Crippen LogP contribution in [0.2, 0.25) is 0 Å². The minimum absolute atomic E-state index is 0.00977. The molecule has 2 amide bonds. The van der Waals surface area contributed by atoms with Gasteiger partial charge in [-0.05, 0) is 25.7 Å². The summed E-state index contributed by atoms with van der Waals surface area (Å²) in [6.07, 6.45) is 7.54. The first kappa shape index (κ1) is 16.0. The number of hydrogen-bond acceptors (Lipinski definition) is 4. The van der Waals surface area contributed by atoms with Crippen molar-refractivity contribution in [3.8, 4) is 0 Å². The van der Waals surface area contributed by atoms with Gasteiger partial charge < -0.3 is 14.3 Å². The van der Waals surface area contributed by atoms with E-state index in [4.69, 9.17) is 4.52 Å². The molecule has 0 bridgehead atoms. The Morgan fingerprint density at radius 2 is 1.91 bits per heavy atom. The van der Waals surface area contributed by atoms with Gasteiger partial charge in [-0.3, -0.25) is 9.59 Å². The Morgan fingerprint density at radius 3 is 2.52 bits per heavy atom. The Bertz CT molecular complexity index is 529. The highest BCUT2D eigenvalue weighted by atomic mass is 16.5. The maximum atomic E-state index is 12.5. The van der Waals surface area contributed by atoms with Crippen LogP contribution >= 0.6 is 0 Å². The van der Waals surface area contributed by atoms with E-state index in [1.54, 1.807) is 24.2 Å². The van der Waals surface area contributed by atoms with E-state index in [2.05, 4.69) is 5.16 Å². The summed E-state index contributed by atoms with van der Waals surface area (Å²) < 4.78 is 5.05. The number of nitrogens with zero attached hydrogens (tertiary/aromatic N) is 3. The van der Waals surface area contributed by atoms with Gasteiger partial charge in [-0.2, -0.15) is 0 Å². The molecule has 23 heavy (non-hydrogen) atoms. The molecule has 3 rings (SSSR count). The predicted molar refractivity (Wildman–Crippen MR) is 84.2 cm³/mol. The standard InChI is InChI=1S/C17H25N3O3/c1-19(12-15-6-9-18-23-15)16(21)14-7-10-20(11-8-14)17(22)13-4-2-3-5-13/h6,9,13-14H,2-5,7-8,10-12H2,1H3. The lowest BCUT2D eigenvalue weighted by atomic mass is 9.94. The highest BCUT2D eigenvalue weighted by molar-refractivity contribution is 5.81. The summed E-state index contributed by atoms with van der Waals surface area (Å²) in [5.41, 5.74) is 0. The number of piperidine rings is 1. The molecule has 1 aliphatic carbocycles. The Labute approximate surface area is 136 Å². The normalized spacial score (nSPS) is 20.0. The molecule has 1 aromatic heterocycles. The van der Waals surface area contributed by atoms with Gasteiger partial charge in [0.2, 0.25) is 11.8 Å². The van der Waals surface area contributed by atoms with E-state index in [0.717, 1.165) is 25.7 Å². The molecule has 0 spiro atoms. The van der Waals surface area contributed by atoms with E-state index in [9.17, 15) is 9.59 Å². The second kappa shape index (κ2) is 7.15. The van der Waals surface area contributed by atoms with Crippen molar-refractivity contribution in [3.63, 3.8) is 0 Å². The van der Waals surface area contributed by atoms with Crippen molar-refractivity contribution in [1.29, 1.82) is 0 Å². The molecular formula is C17H25N3O3. The molecular weight excluding hydrogens is 294 g/mol. The quantitative estimate of drug-likeness (QED) is 0.852. The largest absolute Gasteiger partial charge is 0.360 e. The van der Waals surface area contributed by atoms with Gasteiger partial charge in [0.25, 0.3) is 0 Å². The molecule has 1 aromatic rings. The average Bonchev–Trinajstić information content (AvgIpc) is 3.27. The second-order valence-electron chi connectivity index (χ2n) is 6.75. The molecule has 2 fully saturated rings. The number of rotatable bonds is 4. The zero-order valence-electron chi connectivity index (χ0n) is 13.7. The molecule has 2 aliphatic rings. The van der Waals surface area contributed by atoms with Crippen LogP contribution in [0.15, 0.2) is 16.8 Å². The lowest BCUT2D eigenvalue weighted by Gasteiger charge is -2.34. The van der Waals surface area contributed by atoms with Crippen LogP contribution in [0.5, 0.6) is 0 Å². The fraction of sp³-hybridized carbons (Fsp3) is 0.706. The van der Waals surface area contributed by atoms with Crippen LogP contribution < -0.4 is 0 Å². The number of likely N-dealkylation sites (tertiary alicyclic amines) is 1. The number of carbonyl (C=O) groups is 2. The predicted octanol–water partition coefficient (Wildman–Crippen LogP) is 2.06. The maximum absolute atomic E-state index is 12.5. The van der Waals surface area contributed by atoms with Crippen molar-refractivity contribution in [2.24, 2.45) is 11.8 Å². The summed E-state index contributed by atoms with van der Waals surface area (Å²) in [7, 11) is 1.79. The SMILES string of the molecule is CN(Cc1ccno1)C(=O)C1CCN(C(=O)C2CCCC2)CC1. The van der Waals surface area contributed by atoms with Crippen LogP contribution in [0.4, 0.5) is 0 Å². The smallest absolute Gasteiger partial charge is 0.225 e. The van der Waals surface area contributed by atoms with Crippen molar-refractivity contribution in [3.05, 3.63) is 18.0 Å². The first-order valence-corrected chi connectivity index (χ1v) is 8.58. The summed E-state index contributed by atoms with van der Waals surface area (Å²) >= 11 is 0. The zero-order valence-corrected chi connectivity index (χ0v) is 13.7. The molecule has 126 valence electrons. The molecule has 1 saturated carbocycles. The van der Waals surface area contributed by atoms with Gasteiger partial charge in [-0.1, -0.05) is 18.0 Å². The summed E-state index contributed by atoms with van der Waals surface area (Å²) in [4.78, 5) is 28.6. The van der Waals surface area contributed by atoms with Crippen LogP contribution in [0, 0.1) is 11.8 Å². The molecule has 0 N–H and O–H groups in total. The van der Waals surface area contributed by atoms with Crippen molar-refractivity contribution in [2.45, 2.75) is 45.1 Å². The van der Waals surface area contributed by atoms with E-state index < -0.39 is 0 Å². The summed E-state index contributed by atoms with van der Waals surface area (Å²) in [5.74, 6) is 1.37. The lowest BCUT2D eigenvalue weighted by molar-refractivity contribution is -0.142. The van der Waals surface area contributed by atoms with Gasteiger partial charge in [-0.25, -0.2) is 0 Å². The highest BCUT2D eigenvalue weighted by Crippen LogP contribution is 2.29. The van der Waals surface area contributed by atoms with Crippen molar-refractivity contribution in [1.82, 2.24) is 15.0 Å². The fourth-order valence-electron chi connectivity index (χ4n) is 3.72. The van der Waals surface area contributed by atoms with Crippen LogP contribution in [0.3, 0.4) is 0 Å². The molecule has 1 saturated heterocycles. The molecule has 6 heteroatoms. The van der Waals surface area contributed by atoms with Crippen molar-refractivity contribution >= 4 is 11.8 Å². The Balaban J connectivity index is 1.48. The monoisotopic (exact) mass is 319 g/mol. The summed E-state index contributed by atoms with van der Waals surface area (Å²) in [6.45, 7) is 1.86. The first-order chi connectivity index (χ1) is 11.1. The van der Waals surface area contributed by atoms with Gasteiger partial charge in [0.1, 0.15) is 0 Å². The van der Waals surface area contributed by atoms with E-state index in [-0.39, 0.29) is 17.7 Å². The number of aromatic nitrogens is 1. The van der Waals surface area contributed by atoms with Gasteiger partial charge >= 0.3 is 0 Å². The summed E-state index contributed by atoms with van der Waals surface area (Å²) in [6, 6.07) is 1.77. The number of carbonyl (C=O) groups excluding carboxylic acids is 2. The third kappa shape index (κ3) is 3.74. The van der Waals surface area contributed by atoms with Gasteiger partial charge in [0, 0.05) is 38.0 Å². The van der Waals surface area contributed by atoms with Crippen molar-refractivity contribution < 1.29 is 14.1 Å². The topological polar surface area (TPSA) is 66.7 Å². The summed E-state index contributed by atoms with van der Waals surface area (Å²) in [5, 5.41) is 3.66. The average molecular weight is 319 g/mol. The second-order valence-corrected chi connectivity index (χ2v) is 6.75. The highest BCUT2D eigenvalue weighted by Gasteiger charge is 2.32. The lowest BCUT2D eigenvalue weighted by Crippen LogP contribution is -2.45. The molecule has 6 nitrogen and oxygen atoms in total. The third-order valence-electron chi connectivity index (χ3n) is 5.12. The minimum atomic E-state index is 0.00977. The van der Waals surface area contributed by atoms with Gasteiger partial charge in [0.15, 0.2) is 5.76 Å². The fourth-order valence-corrected chi connectivity index (χ4v) is 3.72. The maximum Gasteiger partial charge on any atom is 0.225 e. The third-order valence-corrected chi connectivity index (χ3v) is 5.12. The number of hydrogen-bond donors (Lipinski definition) is 0. The molecule has 0 atom stereocenters. The molecule has 0 radical (unpaired) electrons. The van der Waals surface area contributed by atoms with E-state index in [1.807, 2.05) is 4.90 Å². The molecule has 1 aliphatic heterocycles. The Morgan fingerprint density at radius 1 is 1.22 bits per heavy atom.